The standard InChI is InChI=1S/C18H33P.C11H13FO.C5H4BrN.2ClH.Ru/c1-4-10-16(11-5-1)19(17-12-6-2-7-13-17)18-14-8-3-9-15-18;1-8(2)13(4)11-6-5-10(12)7-9(11)3;6-5-2-1-3-7-4-5;;;/h16-18H,1-15H2;3,5-8H,4H2,1-2H3;1-4H;2*1H;/q;;;;;+2/p-1. The Bertz CT molecular complexity index is 1010. The van der Waals surface area contributed by atoms with Crippen LogP contribution >= 0.6 is 43.2 Å². The summed E-state index contributed by atoms with van der Waals surface area (Å²) in [5.74, 6) is 0.452. The molecule has 3 aliphatic carbocycles. The zero-order chi connectivity index (χ0) is 30.3. The van der Waals surface area contributed by atoms with E-state index in [-0.39, 0.29) is 19.8 Å². The van der Waals surface area contributed by atoms with Crippen LogP contribution in [0.3, 0.4) is 0 Å². The molecule has 0 unspecified atom stereocenters. The Morgan fingerprint density at radius 1 is 0.905 bits per heavy atom. The van der Waals surface area contributed by atoms with E-state index < -0.39 is 13.5 Å². The van der Waals surface area contributed by atoms with Crippen molar-refractivity contribution in [2.45, 2.75) is 133 Å². The first-order chi connectivity index (χ1) is 20.3. The van der Waals surface area contributed by atoms with Crippen LogP contribution in [0.25, 0.3) is 0 Å². The fraction of sp³-hybridized carbons (Fsp3) is 0.618. The van der Waals surface area contributed by atoms with Gasteiger partial charge in [-0.1, -0.05) is 19.3 Å². The van der Waals surface area contributed by atoms with E-state index in [1.165, 1.54) is 29.1 Å². The summed E-state index contributed by atoms with van der Waals surface area (Å²) in [4.78, 5) is 3.84. The van der Waals surface area contributed by atoms with Gasteiger partial charge in [0.1, 0.15) is 0 Å². The molecule has 0 atom stereocenters. The summed E-state index contributed by atoms with van der Waals surface area (Å²) in [6.07, 6.45) is 27.4. The summed E-state index contributed by atoms with van der Waals surface area (Å²) in [6, 6.07) is 8.27. The summed E-state index contributed by atoms with van der Waals surface area (Å²) >= 11 is 1.28. The van der Waals surface area contributed by atoms with Gasteiger partial charge in [-0.15, -0.1) is 0 Å². The fourth-order valence-electron chi connectivity index (χ4n) is 6.82. The molecule has 1 aromatic carbocycles. The van der Waals surface area contributed by atoms with E-state index in [1.807, 2.05) is 26.0 Å². The number of hydrogen-bond donors (Lipinski definition) is 0. The monoisotopic (exact) mass is 790 g/mol. The van der Waals surface area contributed by atoms with Crippen molar-refractivity contribution >= 4 is 47.8 Å². The molecule has 0 aliphatic heterocycles. The zero-order valence-electron chi connectivity index (χ0n) is 25.5. The van der Waals surface area contributed by atoms with Crippen LogP contribution in [-0.2, 0) is 17.9 Å². The van der Waals surface area contributed by atoms with E-state index >= 15 is 0 Å². The number of hydrogen-bond acceptors (Lipinski definition) is 1. The second-order valence-corrected chi connectivity index (χ2v) is 22.2. The van der Waals surface area contributed by atoms with Crippen LogP contribution < -0.4 is 0 Å². The number of pyridine rings is 1. The van der Waals surface area contributed by atoms with Crippen molar-refractivity contribution in [1.29, 1.82) is 0 Å². The van der Waals surface area contributed by atoms with Crippen molar-refractivity contribution in [3.63, 3.8) is 0 Å². The molecule has 8 heteroatoms. The number of nitrogens with zero attached hydrogens (tertiary/aromatic N) is 1. The van der Waals surface area contributed by atoms with Crippen LogP contribution in [0.1, 0.15) is 116 Å². The van der Waals surface area contributed by atoms with Gasteiger partial charge in [0, 0.05) is 24.8 Å². The van der Waals surface area contributed by atoms with E-state index in [1.54, 1.807) is 119 Å². The summed E-state index contributed by atoms with van der Waals surface area (Å²) in [5, 5.41) is 0. The molecule has 1 aromatic heterocycles. The van der Waals surface area contributed by atoms with Crippen LogP contribution in [0.2, 0.25) is 0 Å². The maximum absolute atomic E-state index is 13.1. The number of halogens is 4. The van der Waals surface area contributed by atoms with Gasteiger partial charge in [0.05, 0.1) is 17.0 Å². The van der Waals surface area contributed by atoms with E-state index in [0.717, 1.165) is 10.2 Å². The average Bonchev–Trinajstić information content (AvgIpc) is 2.99. The molecule has 2 nitrogen and oxygen atoms in total. The Morgan fingerprint density at radius 3 is 1.76 bits per heavy atom. The van der Waals surface area contributed by atoms with Crippen LogP contribution in [0, 0.1) is 12.9 Å². The molecule has 0 bridgehead atoms. The molecule has 2 aromatic rings. The fourth-order valence-corrected chi connectivity index (χ4v) is 14.1. The minimum absolute atomic E-state index is 0.0465. The summed E-state index contributed by atoms with van der Waals surface area (Å²) < 4.78 is 18.5. The first-order valence-corrected chi connectivity index (χ1v) is 23.8. The Hall–Kier alpha value is 0.0834. The molecule has 1 heterocycles. The van der Waals surface area contributed by atoms with E-state index in [9.17, 15) is 4.39 Å². The van der Waals surface area contributed by atoms with Crippen LogP contribution in [0.15, 0.2) is 47.2 Å². The Morgan fingerprint density at radius 2 is 1.40 bits per heavy atom. The molecule has 42 heavy (non-hydrogen) atoms. The van der Waals surface area contributed by atoms with Gasteiger partial charge in [-0.05, 0) is 105 Å². The normalized spacial score (nSPS) is 18.9. The summed E-state index contributed by atoms with van der Waals surface area (Å²) in [6.45, 7) is 3.95. The van der Waals surface area contributed by atoms with Gasteiger partial charge < -0.3 is 0 Å². The molecule has 0 spiro atoms. The van der Waals surface area contributed by atoms with E-state index in [0.29, 0.717) is 5.56 Å². The first-order valence-electron chi connectivity index (χ1n) is 15.8. The van der Waals surface area contributed by atoms with Gasteiger partial charge in [0.25, 0.3) is 0 Å². The quantitative estimate of drug-likeness (QED) is 0.123. The zero-order valence-corrected chi connectivity index (χ0v) is 31.3. The molecular weight excluding hydrogens is 740 g/mol. The van der Waals surface area contributed by atoms with Crippen molar-refractivity contribution in [3.05, 3.63) is 65.7 Å². The minimum atomic E-state index is -1.97. The second kappa shape index (κ2) is 20.3. The molecule has 3 aliphatic rings. The third-order valence-corrected chi connectivity index (χ3v) is 15.7. The van der Waals surface area contributed by atoms with E-state index in [2.05, 4.69) is 32.4 Å². The topological polar surface area (TPSA) is 15.6 Å². The number of benzene rings is 1. The third kappa shape index (κ3) is 12.8. The molecule has 0 saturated heterocycles. The molecule has 3 saturated carbocycles. The molecule has 5 rings (SSSR count). The third-order valence-electron chi connectivity index (χ3n) is 8.87. The first kappa shape index (κ1) is 36.6. The summed E-state index contributed by atoms with van der Waals surface area (Å²) in [5.41, 5.74) is 4.36. The molecule has 3 fully saturated rings. The van der Waals surface area contributed by atoms with Gasteiger partial charge in [0.15, 0.2) is 0 Å². The Labute approximate surface area is 278 Å². The van der Waals surface area contributed by atoms with Crippen molar-refractivity contribution < 1.29 is 22.3 Å². The molecule has 0 N–H and O–H groups in total. The Kier molecular flexibility index (Phi) is 17.6. The number of aromatic nitrogens is 1. The van der Waals surface area contributed by atoms with Crippen molar-refractivity contribution in [1.82, 2.24) is 4.98 Å². The van der Waals surface area contributed by atoms with Crippen molar-refractivity contribution in [2.75, 3.05) is 0 Å². The van der Waals surface area contributed by atoms with E-state index in [4.69, 9.17) is 19.4 Å². The number of rotatable bonds is 6. The Balaban J connectivity index is 0.000000190. The SMILES string of the molecule is Brc1cccnc1.C1CCC([PH+](C2CCCCC2)C2CCCCC2)CC1.[CH2-][O+](c1ccc(F)cc1[CH]=[Ru]([Cl])[Cl])C(C)C. The van der Waals surface area contributed by atoms with Crippen LogP contribution in [0.4, 0.5) is 4.39 Å². The molecule has 238 valence electrons. The second-order valence-electron chi connectivity index (χ2n) is 12.1. The van der Waals surface area contributed by atoms with Gasteiger partial charge in [0.2, 0.25) is 0 Å². The van der Waals surface area contributed by atoms with Crippen LogP contribution in [-0.4, -0.2) is 32.7 Å². The van der Waals surface area contributed by atoms with Crippen molar-refractivity contribution in [2.24, 2.45) is 0 Å². The molecule has 0 radical (unpaired) electrons. The van der Waals surface area contributed by atoms with Crippen molar-refractivity contribution in [3.8, 4) is 5.75 Å². The molecule has 0 amide bonds. The molecular formula is C34H51BrCl2FNOPRu+. The van der Waals surface area contributed by atoms with Gasteiger partial charge in [-0.25, -0.2) is 0 Å². The van der Waals surface area contributed by atoms with Gasteiger partial charge in [-0.3, -0.25) is 4.98 Å². The van der Waals surface area contributed by atoms with Gasteiger partial charge in [-0.2, -0.15) is 0 Å². The maximum atomic E-state index is 13.1. The summed E-state index contributed by atoms with van der Waals surface area (Å²) in [7, 11) is 15.4. The van der Waals surface area contributed by atoms with Crippen LogP contribution in [0.5, 0.6) is 5.75 Å². The van der Waals surface area contributed by atoms with Gasteiger partial charge >= 0.3 is 109 Å². The predicted molar refractivity (Wildman–Crippen MR) is 185 cm³/mol. The average molecular weight is 792 g/mol. The predicted octanol–water partition coefficient (Wildman–Crippen LogP) is 12.4.